The fourth-order valence-corrected chi connectivity index (χ4v) is 3.32. The zero-order valence-electron chi connectivity index (χ0n) is 10.8. The van der Waals surface area contributed by atoms with Crippen LogP contribution in [0.5, 0.6) is 5.75 Å². The van der Waals surface area contributed by atoms with Crippen LogP contribution < -0.4 is 4.74 Å². The molecule has 0 aliphatic rings. The second-order valence-corrected chi connectivity index (χ2v) is 6.00. The summed E-state index contributed by atoms with van der Waals surface area (Å²) in [6.45, 7) is 1.97. The number of tetrazole rings is 1. The highest BCUT2D eigenvalue weighted by atomic mass is 32.2. The third-order valence-corrected chi connectivity index (χ3v) is 4.53. The molecule has 2 aromatic heterocycles. The van der Waals surface area contributed by atoms with E-state index in [0.717, 1.165) is 21.5 Å². The summed E-state index contributed by atoms with van der Waals surface area (Å²) >= 11 is 3.03. The van der Waals surface area contributed by atoms with E-state index in [1.54, 1.807) is 23.1 Å². The molecule has 0 N–H and O–H groups in total. The zero-order valence-corrected chi connectivity index (χ0v) is 12.5. The van der Waals surface area contributed by atoms with Gasteiger partial charge in [-0.3, -0.25) is 0 Å². The standard InChI is InChI=1S/C12H11N5OS2/c1-8-7-19-12(13-8)20-11-14-15-16-17(11)9-3-5-10(18-2)6-4-9/h3-7H,1-2H3. The SMILES string of the molecule is COc1ccc(-n2nnnc2Sc2nc(C)cs2)cc1. The lowest BCUT2D eigenvalue weighted by atomic mass is 10.3. The van der Waals surface area contributed by atoms with Crippen LogP contribution in [0.25, 0.3) is 5.69 Å². The molecule has 0 spiro atoms. The van der Waals surface area contributed by atoms with E-state index in [1.807, 2.05) is 36.6 Å². The van der Waals surface area contributed by atoms with Crippen LogP contribution in [0.1, 0.15) is 5.69 Å². The smallest absolute Gasteiger partial charge is 0.221 e. The van der Waals surface area contributed by atoms with Crippen molar-refractivity contribution in [1.82, 2.24) is 25.2 Å². The van der Waals surface area contributed by atoms with E-state index in [0.29, 0.717) is 5.16 Å². The van der Waals surface area contributed by atoms with Crippen LogP contribution >= 0.6 is 23.1 Å². The summed E-state index contributed by atoms with van der Waals surface area (Å²) in [5.74, 6) is 0.798. The van der Waals surface area contributed by atoms with E-state index >= 15 is 0 Å². The quantitative estimate of drug-likeness (QED) is 0.738. The van der Waals surface area contributed by atoms with Crippen LogP contribution in [0, 0.1) is 6.92 Å². The average Bonchev–Trinajstić information content (AvgIpc) is 3.09. The molecule has 0 amide bonds. The zero-order chi connectivity index (χ0) is 13.9. The van der Waals surface area contributed by atoms with Crippen molar-refractivity contribution >= 4 is 23.1 Å². The van der Waals surface area contributed by atoms with Crippen LogP contribution in [0.2, 0.25) is 0 Å². The Morgan fingerprint density at radius 2 is 2.05 bits per heavy atom. The first-order valence-electron chi connectivity index (χ1n) is 5.79. The average molecular weight is 305 g/mol. The largest absolute Gasteiger partial charge is 0.497 e. The van der Waals surface area contributed by atoms with E-state index in [-0.39, 0.29) is 0 Å². The number of benzene rings is 1. The number of nitrogens with zero attached hydrogens (tertiary/aromatic N) is 5. The molecule has 2 heterocycles. The molecule has 0 bridgehead atoms. The Balaban J connectivity index is 1.88. The van der Waals surface area contributed by atoms with Crippen molar-refractivity contribution in [2.24, 2.45) is 0 Å². The van der Waals surface area contributed by atoms with Gasteiger partial charge >= 0.3 is 0 Å². The Labute approximate surface area is 123 Å². The van der Waals surface area contributed by atoms with E-state index in [2.05, 4.69) is 20.5 Å². The third kappa shape index (κ3) is 2.66. The summed E-state index contributed by atoms with van der Waals surface area (Å²) in [6.07, 6.45) is 0. The number of aryl methyl sites for hydroxylation is 1. The molecule has 3 rings (SSSR count). The molecule has 102 valence electrons. The molecule has 0 unspecified atom stereocenters. The van der Waals surface area contributed by atoms with Gasteiger partial charge in [-0.15, -0.1) is 16.4 Å². The minimum atomic E-state index is 0.685. The molecule has 6 nitrogen and oxygen atoms in total. The number of rotatable bonds is 4. The molecular weight excluding hydrogens is 294 g/mol. The Morgan fingerprint density at radius 3 is 2.70 bits per heavy atom. The van der Waals surface area contributed by atoms with Gasteiger partial charge in [-0.2, -0.15) is 4.68 Å². The van der Waals surface area contributed by atoms with Crippen molar-refractivity contribution in [2.45, 2.75) is 16.4 Å². The summed E-state index contributed by atoms with van der Waals surface area (Å²) in [5.41, 5.74) is 1.88. The van der Waals surface area contributed by atoms with Crippen LogP contribution in [-0.4, -0.2) is 32.3 Å². The number of hydrogen-bond acceptors (Lipinski definition) is 7. The van der Waals surface area contributed by atoms with Crippen LogP contribution in [0.4, 0.5) is 0 Å². The second-order valence-electron chi connectivity index (χ2n) is 3.93. The maximum absolute atomic E-state index is 5.14. The van der Waals surface area contributed by atoms with Crippen molar-refractivity contribution in [3.8, 4) is 11.4 Å². The third-order valence-electron chi connectivity index (χ3n) is 2.53. The molecule has 1 aromatic carbocycles. The molecule has 0 aliphatic heterocycles. The first-order chi connectivity index (χ1) is 9.76. The molecule has 0 atom stereocenters. The Kier molecular flexibility index (Phi) is 3.66. The van der Waals surface area contributed by atoms with Crippen molar-refractivity contribution < 1.29 is 4.74 Å². The minimum Gasteiger partial charge on any atom is -0.497 e. The minimum absolute atomic E-state index is 0.685. The first kappa shape index (κ1) is 13.1. The highest BCUT2D eigenvalue weighted by molar-refractivity contribution is 8.00. The number of ether oxygens (including phenoxy) is 1. The molecule has 0 saturated carbocycles. The van der Waals surface area contributed by atoms with Crippen LogP contribution in [-0.2, 0) is 0 Å². The second kappa shape index (κ2) is 5.59. The fourth-order valence-electron chi connectivity index (χ4n) is 1.59. The topological polar surface area (TPSA) is 65.7 Å². The number of thiazole rings is 1. The number of hydrogen-bond donors (Lipinski definition) is 0. The summed E-state index contributed by atoms with van der Waals surface area (Å²) in [7, 11) is 1.64. The predicted octanol–water partition coefficient (Wildman–Crippen LogP) is 2.59. The van der Waals surface area contributed by atoms with E-state index in [4.69, 9.17) is 4.74 Å². The highest BCUT2D eigenvalue weighted by Crippen LogP contribution is 2.29. The van der Waals surface area contributed by atoms with Crippen LogP contribution in [0.15, 0.2) is 39.1 Å². The van der Waals surface area contributed by atoms with Crippen molar-refractivity contribution in [3.63, 3.8) is 0 Å². The monoisotopic (exact) mass is 305 g/mol. The maximum atomic E-state index is 5.14. The summed E-state index contributed by atoms with van der Waals surface area (Å²) in [5, 5.41) is 14.5. The van der Waals surface area contributed by atoms with Crippen LogP contribution in [0.3, 0.4) is 0 Å². The normalized spacial score (nSPS) is 10.7. The lowest BCUT2D eigenvalue weighted by Crippen LogP contribution is -1.98. The molecule has 0 saturated heterocycles. The van der Waals surface area contributed by atoms with Gasteiger partial charge in [0.25, 0.3) is 0 Å². The van der Waals surface area contributed by atoms with Crippen molar-refractivity contribution in [3.05, 3.63) is 35.3 Å². The van der Waals surface area contributed by atoms with Gasteiger partial charge < -0.3 is 4.74 Å². The molecule has 3 aromatic rings. The molecule has 0 radical (unpaired) electrons. The predicted molar refractivity (Wildman–Crippen MR) is 76.7 cm³/mol. The van der Waals surface area contributed by atoms with E-state index < -0.39 is 0 Å². The Hall–Kier alpha value is -1.93. The summed E-state index contributed by atoms with van der Waals surface area (Å²) < 4.78 is 7.75. The lowest BCUT2D eigenvalue weighted by molar-refractivity contribution is 0.414. The van der Waals surface area contributed by atoms with Crippen molar-refractivity contribution in [1.29, 1.82) is 0 Å². The summed E-state index contributed by atoms with van der Waals surface area (Å²) in [4.78, 5) is 4.40. The highest BCUT2D eigenvalue weighted by Gasteiger charge is 2.12. The van der Waals surface area contributed by atoms with Gasteiger partial charge in [0.15, 0.2) is 4.34 Å². The summed E-state index contributed by atoms with van der Waals surface area (Å²) in [6, 6.07) is 7.57. The maximum Gasteiger partial charge on any atom is 0.221 e. The van der Waals surface area contributed by atoms with Crippen molar-refractivity contribution in [2.75, 3.05) is 7.11 Å². The first-order valence-corrected chi connectivity index (χ1v) is 7.48. The number of aromatic nitrogens is 5. The lowest BCUT2D eigenvalue weighted by Gasteiger charge is -2.04. The van der Waals surface area contributed by atoms with Gasteiger partial charge in [-0.05, 0) is 53.4 Å². The van der Waals surface area contributed by atoms with Gasteiger partial charge in [0.1, 0.15) is 5.75 Å². The van der Waals surface area contributed by atoms with E-state index in [9.17, 15) is 0 Å². The van der Waals surface area contributed by atoms with E-state index in [1.165, 1.54) is 11.8 Å². The van der Waals surface area contributed by atoms with Gasteiger partial charge in [0.2, 0.25) is 5.16 Å². The molecule has 0 aliphatic carbocycles. The Bertz CT molecular complexity index is 707. The van der Waals surface area contributed by atoms with Gasteiger partial charge in [-0.1, -0.05) is 0 Å². The van der Waals surface area contributed by atoms with Gasteiger partial charge in [-0.25, -0.2) is 4.98 Å². The molecular formula is C12H11N5OS2. The molecule has 0 fully saturated rings. The molecule has 20 heavy (non-hydrogen) atoms. The van der Waals surface area contributed by atoms with Gasteiger partial charge in [0.05, 0.1) is 12.8 Å². The Morgan fingerprint density at radius 1 is 1.25 bits per heavy atom. The fraction of sp³-hybridized carbons (Fsp3) is 0.167. The number of methoxy groups -OCH3 is 1. The molecule has 8 heteroatoms. The van der Waals surface area contributed by atoms with Gasteiger partial charge in [0, 0.05) is 11.1 Å².